The van der Waals surface area contributed by atoms with Crippen LogP contribution in [0.5, 0.6) is 0 Å². The predicted octanol–water partition coefficient (Wildman–Crippen LogP) is 3.43. The highest BCUT2D eigenvalue weighted by Gasteiger charge is 2.02. The van der Waals surface area contributed by atoms with Crippen molar-refractivity contribution in [3.05, 3.63) is 48.7 Å². The van der Waals surface area contributed by atoms with E-state index in [0.29, 0.717) is 0 Å². The van der Waals surface area contributed by atoms with Crippen molar-refractivity contribution in [1.29, 1.82) is 0 Å². The van der Waals surface area contributed by atoms with Crippen molar-refractivity contribution in [2.75, 3.05) is 5.32 Å². The van der Waals surface area contributed by atoms with Crippen LogP contribution in [0.1, 0.15) is 0 Å². The van der Waals surface area contributed by atoms with Crippen molar-refractivity contribution in [2.24, 2.45) is 0 Å². The summed E-state index contributed by atoms with van der Waals surface area (Å²) in [4.78, 5) is 8.68. The summed E-state index contributed by atoms with van der Waals surface area (Å²) >= 11 is 1.63. The normalized spacial score (nSPS) is 10.5. The van der Waals surface area contributed by atoms with Crippen LogP contribution < -0.4 is 5.32 Å². The van der Waals surface area contributed by atoms with Gasteiger partial charge in [0.1, 0.15) is 5.82 Å². The van der Waals surface area contributed by atoms with E-state index < -0.39 is 0 Å². The van der Waals surface area contributed by atoms with Gasteiger partial charge in [-0.15, -0.1) is 0 Å². The minimum atomic E-state index is 0.821. The molecule has 3 rings (SSSR count). The van der Waals surface area contributed by atoms with Gasteiger partial charge in [0, 0.05) is 6.20 Å². The van der Waals surface area contributed by atoms with Crippen molar-refractivity contribution in [1.82, 2.24) is 9.97 Å². The van der Waals surface area contributed by atoms with E-state index in [0.717, 1.165) is 16.5 Å². The molecule has 0 spiro atoms. The van der Waals surface area contributed by atoms with E-state index in [1.54, 1.807) is 17.5 Å². The topological polar surface area (TPSA) is 37.8 Å². The van der Waals surface area contributed by atoms with Crippen LogP contribution in [0.25, 0.3) is 10.2 Å². The van der Waals surface area contributed by atoms with Crippen LogP contribution in [0, 0.1) is 0 Å². The van der Waals surface area contributed by atoms with Gasteiger partial charge in [0.15, 0.2) is 5.13 Å². The molecule has 0 aliphatic heterocycles. The summed E-state index contributed by atoms with van der Waals surface area (Å²) in [6.45, 7) is 0. The number of para-hydroxylation sites is 1. The van der Waals surface area contributed by atoms with Gasteiger partial charge in [-0.1, -0.05) is 29.5 Å². The van der Waals surface area contributed by atoms with E-state index in [1.165, 1.54) is 4.70 Å². The first-order valence-corrected chi connectivity index (χ1v) is 5.77. The van der Waals surface area contributed by atoms with Crippen molar-refractivity contribution in [3.63, 3.8) is 0 Å². The summed E-state index contributed by atoms with van der Waals surface area (Å²) in [5.41, 5.74) is 1.02. The van der Waals surface area contributed by atoms with E-state index in [-0.39, 0.29) is 0 Å². The summed E-state index contributed by atoms with van der Waals surface area (Å²) in [5.74, 6) is 0.821. The molecular weight excluding hydrogens is 218 g/mol. The fourth-order valence-electron chi connectivity index (χ4n) is 1.47. The third-order valence-electron chi connectivity index (χ3n) is 2.19. The first-order valence-electron chi connectivity index (χ1n) is 4.95. The zero-order valence-corrected chi connectivity index (χ0v) is 9.24. The fourth-order valence-corrected chi connectivity index (χ4v) is 2.34. The molecule has 0 bridgehead atoms. The summed E-state index contributed by atoms with van der Waals surface area (Å²) in [6.07, 6.45) is 1.76. The Hall–Kier alpha value is -1.94. The quantitative estimate of drug-likeness (QED) is 0.728. The summed E-state index contributed by atoms with van der Waals surface area (Å²) in [5, 5.41) is 4.06. The van der Waals surface area contributed by atoms with Gasteiger partial charge < -0.3 is 5.32 Å². The molecule has 0 saturated heterocycles. The van der Waals surface area contributed by atoms with E-state index in [4.69, 9.17) is 0 Å². The Morgan fingerprint density at radius 1 is 1.00 bits per heavy atom. The summed E-state index contributed by atoms with van der Waals surface area (Å²) in [6, 6.07) is 13.8. The SMILES string of the molecule is c1ccc(Nc2nc3ccccc3s2)nc1. The Labute approximate surface area is 96.8 Å². The largest absolute Gasteiger partial charge is 0.316 e. The molecule has 4 heteroatoms. The molecule has 2 aromatic heterocycles. The van der Waals surface area contributed by atoms with E-state index in [1.807, 2.05) is 36.4 Å². The fraction of sp³-hybridized carbons (Fsp3) is 0. The smallest absolute Gasteiger partial charge is 0.189 e. The van der Waals surface area contributed by atoms with E-state index >= 15 is 0 Å². The molecule has 3 aromatic rings. The highest BCUT2D eigenvalue weighted by atomic mass is 32.1. The predicted molar refractivity (Wildman–Crippen MR) is 67.1 cm³/mol. The average Bonchev–Trinajstić information content (AvgIpc) is 2.72. The lowest BCUT2D eigenvalue weighted by Crippen LogP contribution is -1.90. The first kappa shape index (κ1) is 9.30. The maximum absolute atomic E-state index is 4.48. The molecule has 0 radical (unpaired) electrons. The number of pyridine rings is 1. The molecular formula is C12H9N3S. The van der Waals surface area contributed by atoms with Gasteiger partial charge in [0.05, 0.1) is 10.2 Å². The minimum absolute atomic E-state index is 0.821. The highest BCUT2D eigenvalue weighted by Crippen LogP contribution is 2.27. The van der Waals surface area contributed by atoms with E-state index in [2.05, 4.69) is 21.4 Å². The van der Waals surface area contributed by atoms with Gasteiger partial charge in [-0.3, -0.25) is 0 Å². The summed E-state index contributed by atoms with van der Waals surface area (Å²) < 4.78 is 1.18. The lowest BCUT2D eigenvalue weighted by molar-refractivity contribution is 1.30. The van der Waals surface area contributed by atoms with E-state index in [9.17, 15) is 0 Å². The molecule has 1 aromatic carbocycles. The second-order valence-electron chi connectivity index (χ2n) is 3.33. The van der Waals surface area contributed by atoms with Crippen LogP contribution >= 0.6 is 11.3 Å². The number of fused-ring (bicyclic) bond motifs is 1. The third kappa shape index (κ3) is 1.75. The van der Waals surface area contributed by atoms with Crippen LogP contribution in [0.15, 0.2) is 48.7 Å². The van der Waals surface area contributed by atoms with Gasteiger partial charge in [-0.2, -0.15) is 0 Å². The van der Waals surface area contributed by atoms with Crippen LogP contribution in [-0.2, 0) is 0 Å². The molecule has 0 atom stereocenters. The number of aromatic nitrogens is 2. The minimum Gasteiger partial charge on any atom is -0.316 e. The molecule has 16 heavy (non-hydrogen) atoms. The van der Waals surface area contributed by atoms with Crippen molar-refractivity contribution in [3.8, 4) is 0 Å². The molecule has 0 fully saturated rings. The van der Waals surface area contributed by atoms with Gasteiger partial charge in [0.2, 0.25) is 0 Å². The van der Waals surface area contributed by atoms with Crippen LogP contribution in [0.3, 0.4) is 0 Å². The van der Waals surface area contributed by atoms with Crippen LogP contribution in [0.4, 0.5) is 10.9 Å². The number of thiazole rings is 1. The van der Waals surface area contributed by atoms with Crippen LogP contribution in [-0.4, -0.2) is 9.97 Å². The Kier molecular flexibility index (Phi) is 2.27. The lowest BCUT2D eigenvalue weighted by Gasteiger charge is -1.98. The Morgan fingerprint density at radius 3 is 2.69 bits per heavy atom. The Balaban J connectivity index is 1.95. The Bertz CT molecular complexity index is 571. The first-order chi connectivity index (χ1) is 7.92. The van der Waals surface area contributed by atoms with Crippen molar-refractivity contribution in [2.45, 2.75) is 0 Å². The number of nitrogens with zero attached hydrogens (tertiary/aromatic N) is 2. The maximum atomic E-state index is 4.48. The van der Waals surface area contributed by atoms with Crippen molar-refractivity contribution >= 4 is 32.5 Å². The number of anilines is 2. The lowest BCUT2D eigenvalue weighted by atomic mass is 10.3. The van der Waals surface area contributed by atoms with Gasteiger partial charge in [0.25, 0.3) is 0 Å². The highest BCUT2D eigenvalue weighted by molar-refractivity contribution is 7.22. The van der Waals surface area contributed by atoms with Crippen molar-refractivity contribution < 1.29 is 0 Å². The van der Waals surface area contributed by atoms with Gasteiger partial charge >= 0.3 is 0 Å². The standard InChI is InChI=1S/C12H9N3S/c1-2-6-10-9(5-1)14-12(16-10)15-11-7-3-4-8-13-11/h1-8H,(H,13,14,15). The number of rotatable bonds is 2. The number of hydrogen-bond donors (Lipinski definition) is 1. The molecule has 0 amide bonds. The molecule has 3 nitrogen and oxygen atoms in total. The molecule has 0 unspecified atom stereocenters. The second kappa shape index (κ2) is 3.90. The average molecular weight is 227 g/mol. The molecule has 0 saturated carbocycles. The third-order valence-corrected chi connectivity index (χ3v) is 3.15. The molecule has 1 N–H and O–H groups in total. The Morgan fingerprint density at radius 2 is 1.88 bits per heavy atom. The zero-order chi connectivity index (χ0) is 10.8. The number of nitrogens with one attached hydrogen (secondary N) is 1. The second-order valence-corrected chi connectivity index (χ2v) is 4.36. The molecule has 78 valence electrons. The summed E-state index contributed by atoms with van der Waals surface area (Å²) in [7, 11) is 0. The molecule has 0 aliphatic carbocycles. The number of benzene rings is 1. The maximum Gasteiger partial charge on any atom is 0.189 e. The molecule has 0 aliphatic rings. The van der Waals surface area contributed by atoms with Gasteiger partial charge in [-0.05, 0) is 24.3 Å². The number of hydrogen-bond acceptors (Lipinski definition) is 4. The van der Waals surface area contributed by atoms with Gasteiger partial charge in [-0.25, -0.2) is 9.97 Å². The molecule has 2 heterocycles. The van der Waals surface area contributed by atoms with Crippen LogP contribution in [0.2, 0.25) is 0 Å². The monoisotopic (exact) mass is 227 g/mol. The zero-order valence-electron chi connectivity index (χ0n) is 8.42.